The Labute approximate surface area is 165 Å². The van der Waals surface area contributed by atoms with E-state index >= 15 is 0 Å². The molecular formula is C18H22N4O3S2. The Morgan fingerprint density at radius 2 is 2.19 bits per heavy atom. The van der Waals surface area contributed by atoms with Crippen LogP contribution in [-0.4, -0.2) is 26.7 Å². The number of thioether (sulfide) groups is 1. The molecule has 0 radical (unpaired) electrons. The number of primary amides is 1. The molecule has 27 heavy (non-hydrogen) atoms. The number of hydrogen-bond acceptors (Lipinski definition) is 6. The van der Waals surface area contributed by atoms with E-state index in [-0.39, 0.29) is 11.5 Å². The summed E-state index contributed by atoms with van der Waals surface area (Å²) in [5, 5.41) is 2.66. The first-order valence-electron chi connectivity index (χ1n) is 8.76. The minimum Gasteiger partial charge on any atom is -0.351 e. The predicted molar refractivity (Wildman–Crippen MR) is 108 cm³/mol. The number of nitrogens with two attached hydrogens (primary N) is 1. The van der Waals surface area contributed by atoms with Gasteiger partial charge in [-0.1, -0.05) is 31.7 Å². The molecule has 7 nitrogen and oxygen atoms in total. The Hall–Kier alpha value is -2.13. The van der Waals surface area contributed by atoms with Gasteiger partial charge in [-0.3, -0.25) is 19.5 Å². The average molecular weight is 407 g/mol. The molecule has 2 aromatic rings. The molecule has 144 valence electrons. The first kappa shape index (κ1) is 19.6. The monoisotopic (exact) mass is 406 g/mol. The number of carbonyl (C=O) groups excluding carboxylic acids is 2. The third-order valence-corrected chi connectivity index (χ3v) is 7.16. The molecule has 1 aliphatic carbocycles. The zero-order valence-corrected chi connectivity index (χ0v) is 16.9. The Morgan fingerprint density at radius 3 is 2.81 bits per heavy atom. The molecule has 0 aromatic carbocycles. The third-order valence-electron chi connectivity index (χ3n) is 4.44. The molecule has 0 unspecified atom stereocenters. The van der Waals surface area contributed by atoms with Crippen LogP contribution in [-0.2, 0) is 24.2 Å². The maximum Gasteiger partial charge on any atom is 0.318 e. The second-order valence-electron chi connectivity index (χ2n) is 6.77. The Balaban J connectivity index is 2.08. The van der Waals surface area contributed by atoms with Gasteiger partial charge in [0.05, 0.1) is 10.6 Å². The molecule has 3 amide bonds. The van der Waals surface area contributed by atoms with Gasteiger partial charge in [0.15, 0.2) is 5.16 Å². The molecule has 0 spiro atoms. The summed E-state index contributed by atoms with van der Waals surface area (Å²) in [6, 6.07) is -0.896. The number of allylic oxidation sites excluding steroid dienone is 1. The van der Waals surface area contributed by atoms with E-state index in [2.05, 4.69) is 11.9 Å². The van der Waals surface area contributed by atoms with E-state index in [1.54, 1.807) is 22.0 Å². The number of thiophene rings is 1. The number of nitrogens with zero attached hydrogens (tertiary/aromatic N) is 2. The Bertz CT molecular complexity index is 977. The lowest BCUT2D eigenvalue weighted by molar-refractivity contribution is -0.120. The summed E-state index contributed by atoms with van der Waals surface area (Å²) < 4.78 is 1.55. The molecule has 2 aromatic heterocycles. The minimum absolute atomic E-state index is 0.0903. The van der Waals surface area contributed by atoms with Crippen LogP contribution in [0.25, 0.3) is 10.2 Å². The van der Waals surface area contributed by atoms with Gasteiger partial charge in [-0.25, -0.2) is 9.78 Å². The van der Waals surface area contributed by atoms with Crippen molar-refractivity contribution in [3.8, 4) is 0 Å². The zero-order chi connectivity index (χ0) is 19.7. The summed E-state index contributed by atoms with van der Waals surface area (Å²) in [6.07, 6.45) is 4.59. The van der Waals surface area contributed by atoms with Crippen LogP contribution in [0.5, 0.6) is 0 Å². The van der Waals surface area contributed by atoms with E-state index in [4.69, 9.17) is 10.7 Å². The second-order valence-corrected chi connectivity index (χ2v) is 8.96. The van der Waals surface area contributed by atoms with Gasteiger partial charge in [0.25, 0.3) is 5.56 Å². The maximum absolute atomic E-state index is 13.2. The lowest BCUT2D eigenvalue weighted by Gasteiger charge is -2.20. The van der Waals surface area contributed by atoms with Crippen molar-refractivity contribution in [1.82, 2.24) is 14.9 Å². The van der Waals surface area contributed by atoms with Crippen LogP contribution >= 0.6 is 23.1 Å². The number of amides is 3. The molecule has 1 atom stereocenters. The lowest BCUT2D eigenvalue weighted by Crippen LogP contribution is -2.42. The van der Waals surface area contributed by atoms with E-state index < -0.39 is 17.2 Å². The zero-order valence-electron chi connectivity index (χ0n) is 15.3. The highest BCUT2D eigenvalue weighted by atomic mass is 32.2. The number of imide groups is 1. The quantitative estimate of drug-likeness (QED) is 0.435. The van der Waals surface area contributed by atoms with Gasteiger partial charge in [0.2, 0.25) is 5.91 Å². The highest BCUT2D eigenvalue weighted by Gasteiger charge is 2.28. The molecule has 0 fully saturated rings. The van der Waals surface area contributed by atoms with Gasteiger partial charge in [0, 0.05) is 11.4 Å². The molecular weight excluding hydrogens is 384 g/mol. The van der Waals surface area contributed by atoms with Gasteiger partial charge in [-0.05, 0) is 30.7 Å². The average Bonchev–Trinajstić information content (AvgIpc) is 3.15. The second kappa shape index (κ2) is 7.85. The maximum atomic E-state index is 13.2. The van der Waals surface area contributed by atoms with Crippen LogP contribution in [0.1, 0.15) is 30.7 Å². The molecule has 0 bridgehead atoms. The van der Waals surface area contributed by atoms with Crippen molar-refractivity contribution in [3.05, 3.63) is 33.4 Å². The molecule has 0 aliphatic heterocycles. The standard InChI is InChI=1S/C18H22N4O3S2/c1-4-8-22-16(24)12-10-6-5-7-11(10)26-15(12)21-18(22)27-13(9(2)3)14(23)20-17(19)25/h4,9,13H,1,5-8H2,2-3H3,(H3,19,20,23,25)/t13-/m1/s1. The van der Waals surface area contributed by atoms with Crippen LogP contribution in [0, 0.1) is 5.92 Å². The summed E-state index contributed by atoms with van der Waals surface area (Å²) in [4.78, 5) is 43.2. The number of fused-ring (bicyclic) bond motifs is 3. The van der Waals surface area contributed by atoms with Gasteiger partial charge < -0.3 is 5.73 Å². The van der Waals surface area contributed by atoms with Crippen molar-refractivity contribution in [2.45, 2.75) is 50.1 Å². The number of carbonyl (C=O) groups is 2. The summed E-state index contributed by atoms with van der Waals surface area (Å²) in [5.74, 6) is -0.580. The molecule has 3 N–H and O–H groups in total. The van der Waals surface area contributed by atoms with Gasteiger partial charge in [-0.15, -0.1) is 17.9 Å². The summed E-state index contributed by atoms with van der Waals surface area (Å²) in [7, 11) is 0. The number of hydrogen-bond donors (Lipinski definition) is 2. The van der Waals surface area contributed by atoms with Crippen molar-refractivity contribution >= 4 is 45.3 Å². The first-order chi connectivity index (χ1) is 12.8. The van der Waals surface area contributed by atoms with Crippen LogP contribution in [0.4, 0.5) is 4.79 Å². The lowest BCUT2D eigenvalue weighted by atomic mass is 10.1. The van der Waals surface area contributed by atoms with Crippen LogP contribution in [0.2, 0.25) is 0 Å². The fourth-order valence-corrected chi connectivity index (χ4v) is 5.64. The molecule has 9 heteroatoms. The van der Waals surface area contributed by atoms with Crippen LogP contribution in [0.15, 0.2) is 22.6 Å². The topological polar surface area (TPSA) is 107 Å². The Kier molecular flexibility index (Phi) is 5.71. The van der Waals surface area contributed by atoms with E-state index in [1.165, 1.54) is 16.6 Å². The summed E-state index contributed by atoms with van der Waals surface area (Å²) >= 11 is 2.73. The molecule has 0 saturated carbocycles. The highest BCUT2D eigenvalue weighted by molar-refractivity contribution is 8.00. The number of aromatic nitrogens is 2. The number of aryl methyl sites for hydroxylation is 2. The summed E-state index contributed by atoms with van der Waals surface area (Å²) in [6.45, 7) is 7.77. The third kappa shape index (κ3) is 3.79. The van der Waals surface area contributed by atoms with Gasteiger partial charge >= 0.3 is 6.03 Å². The van der Waals surface area contributed by atoms with Gasteiger partial charge in [-0.2, -0.15) is 0 Å². The Morgan fingerprint density at radius 1 is 1.44 bits per heavy atom. The number of nitrogens with one attached hydrogen (secondary N) is 1. The van der Waals surface area contributed by atoms with E-state index in [0.717, 1.165) is 24.8 Å². The van der Waals surface area contributed by atoms with Crippen LogP contribution in [0.3, 0.4) is 0 Å². The molecule has 1 aliphatic rings. The predicted octanol–water partition coefficient (Wildman–Crippen LogP) is 2.44. The highest BCUT2D eigenvalue weighted by Crippen LogP contribution is 2.36. The first-order valence-corrected chi connectivity index (χ1v) is 10.5. The van der Waals surface area contributed by atoms with E-state index in [0.29, 0.717) is 21.9 Å². The van der Waals surface area contributed by atoms with Crippen molar-refractivity contribution in [2.24, 2.45) is 11.7 Å². The number of rotatable bonds is 6. The summed E-state index contributed by atoms with van der Waals surface area (Å²) in [5.41, 5.74) is 6.10. The fourth-order valence-electron chi connectivity index (χ4n) is 3.24. The van der Waals surface area contributed by atoms with Gasteiger partial charge in [0.1, 0.15) is 4.83 Å². The molecule has 2 heterocycles. The van der Waals surface area contributed by atoms with Crippen molar-refractivity contribution < 1.29 is 9.59 Å². The molecule has 3 rings (SSSR count). The normalized spacial score (nSPS) is 14.3. The molecule has 0 saturated heterocycles. The smallest absolute Gasteiger partial charge is 0.318 e. The number of urea groups is 1. The van der Waals surface area contributed by atoms with Crippen molar-refractivity contribution in [1.29, 1.82) is 0 Å². The van der Waals surface area contributed by atoms with E-state index in [1.807, 2.05) is 13.8 Å². The van der Waals surface area contributed by atoms with E-state index in [9.17, 15) is 14.4 Å². The van der Waals surface area contributed by atoms with Crippen molar-refractivity contribution in [2.75, 3.05) is 0 Å². The largest absolute Gasteiger partial charge is 0.351 e. The minimum atomic E-state index is -0.896. The fraction of sp³-hybridized carbons (Fsp3) is 0.444. The van der Waals surface area contributed by atoms with Crippen molar-refractivity contribution in [3.63, 3.8) is 0 Å². The SMILES string of the molecule is C=CCn1c(S[C@@H](C(=O)NC(N)=O)C(C)C)nc2sc3c(c2c1=O)CCC3. The van der Waals surface area contributed by atoms with Crippen LogP contribution < -0.4 is 16.6 Å².